The Balaban J connectivity index is 1.78. The zero-order chi connectivity index (χ0) is 16.5. The van der Waals surface area contributed by atoms with Crippen LogP contribution in [-0.2, 0) is 20.9 Å². The number of nitrogens with two attached hydrogens (primary N) is 1. The molecule has 0 saturated heterocycles. The summed E-state index contributed by atoms with van der Waals surface area (Å²) in [4.78, 5) is 23.3. The van der Waals surface area contributed by atoms with Gasteiger partial charge in [-0.05, 0) is 5.56 Å². The number of carbonyl (C=O) groups excluding carboxylic acids is 2. The van der Waals surface area contributed by atoms with Gasteiger partial charge in [-0.25, -0.2) is 4.79 Å². The van der Waals surface area contributed by atoms with Gasteiger partial charge >= 0.3 is 5.97 Å². The molecule has 0 radical (unpaired) electrons. The highest BCUT2D eigenvalue weighted by atomic mass is 16.6. The summed E-state index contributed by atoms with van der Waals surface area (Å²) in [5.41, 5.74) is 7.42. The standard InChI is InChI=1S/C18H18N2O3/c19-18(15-9-5-2-6-10-15)23-17(22)12-11-16(21)20-13-14-7-3-1-4-8-14/h1-12,18H,13,19H2,(H,20,21)/b12-11-. The molecular weight excluding hydrogens is 292 g/mol. The van der Waals surface area contributed by atoms with Crippen LogP contribution in [0.1, 0.15) is 17.4 Å². The van der Waals surface area contributed by atoms with Gasteiger partial charge in [-0.2, -0.15) is 0 Å². The summed E-state index contributed by atoms with van der Waals surface area (Å²) in [6.45, 7) is 0.391. The number of nitrogens with one attached hydrogen (secondary N) is 1. The number of ether oxygens (including phenoxy) is 1. The fraction of sp³-hybridized carbons (Fsp3) is 0.111. The van der Waals surface area contributed by atoms with Gasteiger partial charge in [0.25, 0.3) is 0 Å². The van der Waals surface area contributed by atoms with Crippen LogP contribution >= 0.6 is 0 Å². The number of benzene rings is 2. The molecule has 5 heteroatoms. The second-order valence-electron chi connectivity index (χ2n) is 4.80. The quantitative estimate of drug-likeness (QED) is 0.486. The maximum Gasteiger partial charge on any atom is 0.332 e. The van der Waals surface area contributed by atoms with Gasteiger partial charge in [-0.15, -0.1) is 0 Å². The molecule has 118 valence electrons. The zero-order valence-corrected chi connectivity index (χ0v) is 12.5. The third kappa shape index (κ3) is 5.76. The van der Waals surface area contributed by atoms with E-state index in [4.69, 9.17) is 10.5 Å². The van der Waals surface area contributed by atoms with Crippen molar-refractivity contribution in [3.63, 3.8) is 0 Å². The molecule has 1 atom stereocenters. The maximum atomic E-state index is 11.6. The van der Waals surface area contributed by atoms with Crippen molar-refractivity contribution >= 4 is 11.9 Å². The highest BCUT2D eigenvalue weighted by Crippen LogP contribution is 2.10. The molecule has 2 aromatic rings. The number of amides is 1. The molecule has 0 bridgehead atoms. The van der Waals surface area contributed by atoms with E-state index in [1.165, 1.54) is 0 Å². The molecule has 1 amide bonds. The third-order valence-electron chi connectivity index (χ3n) is 3.05. The van der Waals surface area contributed by atoms with Gasteiger partial charge in [0.1, 0.15) is 0 Å². The minimum Gasteiger partial charge on any atom is -0.439 e. The molecule has 2 rings (SSSR count). The molecule has 0 fully saturated rings. The van der Waals surface area contributed by atoms with Crippen LogP contribution in [0, 0.1) is 0 Å². The van der Waals surface area contributed by atoms with Crippen LogP contribution < -0.4 is 11.1 Å². The predicted octanol–water partition coefficient (Wildman–Crippen LogP) is 2.06. The number of esters is 1. The smallest absolute Gasteiger partial charge is 0.332 e. The lowest BCUT2D eigenvalue weighted by molar-refractivity contribution is -0.143. The first-order valence-corrected chi connectivity index (χ1v) is 7.16. The van der Waals surface area contributed by atoms with Crippen molar-refractivity contribution in [3.05, 3.63) is 83.9 Å². The molecule has 23 heavy (non-hydrogen) atoms. The average Bonchev–Trinajstić information content (AvgIpc) is 2.60. The van der Waals surface area contributed by atoms with Gasteiger partial charge in [0.05, 0.1) is 0 Å². The summed E-state index contributed by atoms with van der Waals surface area (Å²) >= 11 is 0. The lowest BCUT2D eigenvalue weighted by atomic mass is 10.2. The molecule has 0 aliphatic rings. The van der Waals surface area contributed by atoms with Crippen molar-refractivity contribution in [2.45, 2.75) is 12.8 Å². The molecule has 0 heterocycles. The summed E-state index contributed by atoms with van der Waals surface area (Å²) in [5.74, 6) is -1.05. The monoisotopic (exact) mass is 310 g/mol. The number of carbonyl (C=O) groups is 2. The normalized spacial score (nSPS) is 11.9. The highest BCUT2D eigenvalue weighted by Gasteiger charge is 2.09. The van der Waals surface area contributed by atoms with E-state index < -0.39 is 12.2 Å². The zero-order valence-electron chi connectivity index (χ0n) is 12.5. The van der Waals surface area contributed by atoms with Gasteiger partial charge in [-0.1, -0.05) is 60.7 Å². The molecule has 0 aliphatic carbocycles. The second kappa shape index (κ2) is 8.51. The minimum absolute atomic E-state index is 0.376. The third-order valence-corrected chi connectivity index (χ3v) is 3.05. The summed E-state index contributed by atoms with van der Waals surface area (Å²) in [6, 6.07) is 18.4. The Bertz CT molecular complexity index is 669. The lowest BCUT2D eigenvalue weighted by Crippen LogP contribution is -2.21. The topological polar surface area (TPSA) is 81.4 Å². The molecule has 3 N–H and O–H groups in total. The van der Waals surface area contributed by atoms with E-state index in [2.05, 4.69) is 5.32 Å². The van der Waals surface area contributed by atoms with E-state index in [-0.39, 0.29) is 5.91 Å². The van der Waals surface area contributed by atoms with Gasteiger partial charge in [0, 0.05) is 24.3 Å². The van der Waals surface area contributed by atoms with E-state index in [0.29, 0.717) is 12.1 Å². The molecule has 5 nitrogen and oxygen atoms in total. The van der Waals surface area contributed by atoms with Gasteiger partial charge in [0.2, 0.25) is 5.91 Å². The van der Waals surface area contributed by atoms with E-state index in [1.54, 1.807) is 24.3 Å². The molecule has 0 spiro atoms. The van der Waals surface area contributed by atoms with E-state index in [0.717, 1.165) is 17.7 Å². The Kier molecular flexibility index (Phi) is 6.08. The van der Waals surface area contributed by atoms with Crippen molar-refractivity contribution in [1.82, 2.24) is 5.32 Å². The van der Waals surface area contributed by atoms with E-state index in [9.17, 15) is 9.59 Å². The summed E-state index contributed by atoms with van der Waals surface area (Å²) in [5, 5.41) is 2.67. The summed E-state index contributed by atoms with van der Waals surface area (Å²) in [7, 11) is 0. The Morgan fingerprint density at radius 2 is 1.61 bits per heavy atom. The molecule has 0 aromatic heterocycles. The van der Waals surface area contributed by atoms with Gasteiger partial charge < -0.3 is 10.1 Å². The Labute approximate surface area is 134 Å². The first-order chi connectivity index (χ1) is 11.1. The largest absolute Gasteiger partial charge is 0.439 e. The van der Waals surface area contributed by atoms with Crippen LogP contribution in [0.5, 0.6) is 0 Å². The van der Waals surface area contributed by atoms with Crippen molar-refractivity contribution in [2.75, 3.05) is 0 Å². The van der Waals surface area contributed by atoms with Crippen LogP contribution in [0.3, 0.4) is 0 Å². The van der Waals surface area contributed by atoms with Crippen molar-refractivity contribution in [2.24, 2.45) is 5.73 Å². The SMILES string of the molecule is NC(OC(=O)/C=C\C(=O)NCc1ccccc1)c1ccccc1. The van der Waals surface area contributed by atoms with E-state index >= 15 is 0 Å². The Morgan fingerprint density at radius 3 is 2.26 bits per heavy atom. The van der Waals surface area contributed by atoms with Crippen molar-refractivity contribution < 1.29 is 14.3 Å². The van der Waals surface area contributed by atoms with Crippen molar-refractivity contribution in [1.29, 1.82) is 0 Å². The number of rotatable bonds is 6. The second-order valence-corrected chi connectivity index (χ2v) is 4.80. The van der Waals surface area contributed by atoms with Gasteiger partial charge in [0.15, 0.2) is 6.23 Å². The van der Waals surface area contributed by atoms with Crippen LogP contribution in [0.2, 0.25) is 0 Å². The van der Waals surface area contributed by atoms with Crippen LogP contribution in [0.25, 0.3) is 0 Å². The van der Waals surface area contributed by atoms with Gasteiger partial charge in [-0.3, -0.25) is 10.5 Å². The van der Waals surface area contributed by atoms with Crippen molar-refractivity contribution in [3.8, 4) is 0 Å². The Morgan fingerprint density at radius 1 is 1.00 bits per heavy atom. The maximum absolute atomic E-state index is 11.6. The molecular formula is C18H18N2O3. The predicted molar refractivity (Wildman–Crippen MR) is 86.9 cm³/mol. The Hall–Kier alpha value is -2.92. The van der Waals surface area contributed by atoms with E-state index in [1.807, 2.05) is 36.4 Å². The molecule has 2 aromatic carbocycles. The highest BCUT2D eigenvalue weighted by molar-refractivity contribution is 5.94. The summed E-state index contributed by atoms with van der Waals surface area (Å²) < 4.78 is 5.02. The first-order valence-electron chi connectivity index (χ1n) is 7.16. The first kappa shape index (κ1) is 16.5. The molecule has 0 saturated carbocycles. The lowest BCUT2D eigenvalue weighted by Gasteiger charge is -2.11. The summed E-state index contributed by atoms with van der Waals surface area (Å²) in [6.07, 6.45) is 1.33. The average molecular weight is 310 g/mol. The van der Waals surface area contributed by atoms with Crippen LogP contribution in [-0.4, -0.2) is 11.9 Å². The molecule has 1 unspecified atom stereocenters. The fourth-order valence-electron chi connectivity index (χ4n) is 1.86. The fourth-order valence-corrected chi connectivity index (χ4v) is 1.86. The van der Waals surface area contributed by atoms with Crippen LogP contribution in [0.15, 0.2) is 72.8 Å². The number of hydrogen-bond donors (Lipinski definition) is 2. The molecule has 0 aliphatic heterocycles. The minimum atomic E-state index is -0.860. The number of hydrogen-bond acceptors (Lipinski definition) is 4. The van der Waals surface area contributed by atoms with Crippen LogP contribution in [0.4, 0.5) is 0 Å².